The van der Waals surface area contributed by atoms with Crippen LogP contribution < -0.4 is 10.1 Å². The normalized spacial score (nSPS) is 10.3. The Hall–Kier alpha value is -0.590. The van der Waals surface area contributed by atoms with Crippen LogP contribution in [0.5, 0.6) is 5.88 Å². The van der Waals surface area contributed by atoms with Crippen molar-refractivity contribution in [2.75, 3.05) is 12.4 Å². The number of methoxy groups -OCH3 is 1. The topological polar surface area (TPSA) is 34.1 Å². The van der Waals surface area contributed by atoms with Crippen LogP contribution in [0.2, 0.25) is 0 Å². The third-order valence-electron chi connectivity index (χ3n) is 2.48. The Morgan fingerprint density at radius 1 is 1.16 bits per heavy atom. The Morgan fingerprint density at radius 2 is 1.84 bits per heavy atom. The number of nitrogens with one attached hydrogen (secondary N) is 1. The van der Waals surface area contributed by atoms with Crippen LogP contribution in [0.25, 0.3) is 0 Å². The highest BCUT2D eigenvalue weighted by Crippen LogP contribution is 2.34. The van der Waals surface area contributed by atoms with Crippen molar-refractivity contribution in [3.05, 3.63) is 49.4 Å². The van der Waals surface area contributed by atoms with Gasteiger partial charge >= 0.3 is 0 Å². The SMILES string of the molecule is COc1ccc(CNc2c(Br)cc(Br)cc2Br)cn1. The third-order valence-corrected chi connectivity index (χ3v) is 4.19. The fourth-order valence-corrected chi connectivity index (χ4v) is 4.08. The molecule has 0 bridgehead atoms. The fourth-order valence-electron chi connectivity index (χ4n) is 1.54. The predicted molar refractivity (Wildman–Crippen MR) is 87.7 cm³/mol. The first-order valence-corrected chi connectivity index (χ1v) is 7.85. The number of aromatic nitrogens is 1. The van der Waals surface area contributed by atoms with Gasteiger partial charge in [0.15, 0.2) is 0 Å². The summed E-state index contributed by atoms with van der Waals surface area (Å²) in [5.41, 5.74) is 2.10. The molecule has 2 aromatic rings. The minimum Gasteiger partial charge on any atom is -0.481 e. The first-order chi connectivity index (χ1) is 9.10. The number of nitrogens with zero attached hydrogens (tertiary/aromatic N) is 1. The molecule has 0 unspecified atom stereocenters. The van der Waals surface area contributed by atoms with Gasteiger partial charge in [0.2, 0.25) is 5.88 Å². The van der Waals surface area contributed by atoms with Crippen molar-refractivity contribution >= 4 is 53.5 Å². The molecule has 0 amide bonds. The lowest BCUT2D eigenvalue weighted by Crippen LogP contribution is -2.01. The molecule has 6 heteroatoms. The summed E-state index contributed by atoms with van der Waals surface area (Å²) in [5.74, 6) is 0.620. The minimum atomic E-state index is 0.620. The maximum Gasteiger partial charge on any atom is 0.212 e. The van der Waals surface area contributed by atoms with Crippen molar-refractivity contribution in [2.24, 2.45) is 0 Å². The fraction of sp³-hybridized carbons (Fsp3) is 0.154. The van der Waals surface area contributed by atoms with Gasteiger partial charge < -0.3 is 10.1 Å². The summed E-state index contributed by atoms with van der Waals surface area (Å²) in [7, 11) is 1.61. The molecule has 0 spiro atoms. The highest BCUT2D eigenvalue weighted by atomic mass is 79.9. The smallest absolute Gasteiger partial charge is 0.212 e. The zero-order chi connectivity index (χ0) is 13.8. The van der Waals surface area contributed by atoms with Crippen molar-refractivity contribution in [1.82, 2.24) is 4.98 Å². The van der Waals surface area contributed by atoms with Gasteiger partial charge in [0.1, 0.15) is 0 Å². The average Bonchev–Trinajstić information content (AvgIpc) is 2.38. The molecule has 0 aliphatic rings. The number of rotatable bonds is 4. The Labute approximate surface area is 137 Å². The summed E-state index contributed by atoms with van der Waals surface area (Å²) in [5, 5.41) is 3.37. The first kappa shape index (κ1) is 14.8. The van der Waals surface area contributed by atoms with Gasteiger partial charge in [0, 0.05) is 32.2 Å². The standard InChI is InChI=1S/C13H11Br3N2O/c1-19-12-3-2-8(6-17-12)7-18-13-10(15)4-9(14)5-11(13)16/h2-6,18H,7H2,1H3. The molecule has 100 valence electrons. The Bertz CT molecular complexity index is 550. The number of ether oxygens (including phenoxy) is 1. The maximum atomic E-state index is 5.03. The minimum absolute atomic E-state index is 0.620. The van der Waals surface area contributed by atoms with E-state index < -0.39 is 0 Å². The zero-order valence-corrected chi connectivity index (χ0v) is 14.8. The lowest BCUT2D eigenvalue weighted by molar-refractivity contribution is 0.397. The molecule has 0 radical (unpaired) electrons. The van der Waals surface area contributed by atoms with Gasteiger partial charge in [-0.1, -0.05) is 22.0 Å². The second kappa shape index (κ2) is 6.72. The Balaban J connectivity index is 2.10. The monoisotopic (exact) mass is 448 g/mol. The maximum absolute atomic E-state index is 5.03. The van der Waals surface area contributed by atoms with E-state index in [4.69, 9.17) is 4.74 Å². The van der Waals surface area contributed by atoms with Crippen molar-refractivity contribution < 1.29 is 4.74 Å². The average molecular weight is 451 g/mol. The molecule has 0 saturated heterocycles. The van der Waals surface area contributed by atoms with E-state index in [0.717, 1.165) is 24.7 Å². The van der Waals surface area contributed by atoms with E-state index in [0.29, 0.717) is 12.4 Å². The van der Waals surface area contributed by atoms with E-state index in [2.05, 4.69) is 58.1 Å². The summed E-state index contributed by atoms with van der Waals surface area (Å²) >= 11 is 10.5. The summed E-state index contributed by atoms with van der Waals surface area (Å²) in [6.45, 7) is 0.690. The number of benzene rings is 1. The number of halogens is 3. The van der Waals surface area contributed by atoms with Crippen LogP contribution in [-0.4, -0.2) is 12.1 Å². The predicted octanol–water partition coefficient (Wildman–Crippen LogP) is 4.99. The second-order valence-corrected chi connectivity index (χ2v) is 6.43. The van der Waals surface area contributed by atoms with Crippen molar-refractivity contribution in [1.29, 1.82) is 0 Å². The largest absolute Gasteiger partial charge is 0.481 e. The van der Waals surface area contributed by atoms with Crippen molar-refractivity contribution in [3.8, 4) is 5.88 Å². The van der Waals surface area contributed by atoms with E-state index in [9.17, 15) is 0 Å². The van der Waals surface area contributed by atoms with Gasteiger partial charge in [-0.15, -0.1) is 0 Å². The van der Waals surface area contributed by atoms with E-state index in [1.807, 2.05) is 24.3 Å². The zero-order valence-electron chi connectivity index (χ0n) is 10.1. The molecule has 3 nitrogen and oxygen atoms in total. The van der Waals surface area contributed by atoms with E-state index in [-0.39, 0.29) is 0 Å². The van der Waals surface area contributed by atoms with Crippen molar-refractivity contribution in [3.63, 3.8) is 0 Å². The van der Waals surface area contributed by atoms with Crippen LogP contribution in [0.3, 0.4) is 0 Å². The molecule has 1 heterocycles. The van der Waals surface area contributed by atoms with E-state index >= 15 is 0 Å². The van der Waals surface area contributed by atoms with Crippen LogP contribution in [-0.2, 0) is 6.54 Å². The quantitative estimate of drug-likeness (QED) is 0.712. The molecular weight excluding hydrogens is 440 g/mol. The highest BCUT2D eigenvalue weighted by molar-refractivity contribution is 9.11. The molecular formula is C13H11Br3N2O. The lowest BCUT2D eigenvalue weighted by Gasteiger charge is -2.11. The summed E-state index contributed by atoms with van der Waals surface area (Å²) in [6.07, 6.45) is 1.80. The summed E-state index contributed by atoms with van der Waals surface area (Å²) in [4.78, 5) is 4.18. The molecule has 0 atom stereocenters. The number of pyridine rings is 1. The molecule has 0 fully saturated rings. The number of hydrogen-bond donors (Lipinski definition) is 1. The molecule has 0 saturated carbocycles. The molecule has 0 aliphatic carbocycles. The van der Waals surface area contributed by atoms with Crippen LogP contribution in [0.15, 0.2) is 43.9 Å². The lowest BCUT2D eigenvalue weighted by atomic mass is 10.2. The molecule has 0 aliphatic heterocycles. The van der Waals surface area contributed by atoms with Gasteiger partial charge in [0.05, 0.1) is 12.8 Å². The Morgan fingerprint density at radius 3 is 2.37 bits per heavy atom. The molecule has 2 rings (SSSR count). The highest BCUT2D eigenvalue weighted by Gasteiger charge is 2.06. The van der Waals surface area contributed by atoms with E-state index in [1.165, 1.54) is 0 Å². The second-order valence-electron chi connectivity index (χ2n) is 3.81. The van der Waals surface area contributed by atoms with Gasteiger partial charge in [-0.3, -0.25) is 0 Å². The van der Waals surface area contributed by atoms with Gasteiger partial charge in [-0.2, -0.15) is 0 Å². The summed E-state index contributed by atoms with van der Waals surface area (Å²) in [6, 6.07) is 7.83. The third kappa shape index (κ3) is 3.94. The van der Waals surface area contributed by atoms with Crippen LogP contribution in [0, 0.1) is 0 Å². The Kier molecular flexibility index (Phi) is 5.24. The first-order valence-electron chi connectivity index (χ1n) is 5.47. The molecule has 19 heavy (non-hydrogen) atoms. The summed E-state index contributed by atoms with van der Waals surface area (Å²) < 4.78 is 8.04. The number of hydrogen-bond acceptors (Lipinski definition) is 3. The molecule has 1 N–H and O–H groups in total. The van der Waals surface area contributed by atoms with Crippen LogP contribution in [0.1, 0.15) is 5.56 Å². The van der Waals surface area contributed by atoms with Gasteiger partial charge in [0.25, 0.3) is 0 Å². The van der Waals surface area contributed by atoms with E-state index in [1.54, 1.807) is 13.3 Å². The van der Waals surface area contributed by atoms with Crippen molar-refractivity contribution in [2.45, 2.75) is 6.54 Å². The van der Waals surface area contributed by atoms with Crippen LogP contribution in [0.4, 0.5) is 5.69 Å². The number of anilines is 1. The van der Waals surface area contributed by atoms with Gasteiger partial charge in [-0.25, -0.2) is 4.98 Å². The molecule has 1 aromatic carbocycles. The van der Waals surface area contributed by atoms with Crippen LogP contribution >= 0.6 is 47.8 Å². The molecule has 1 aromatic heterocycles. The van der Waals surface area contributed by atoms with Gasteiger partial charge in [-0.05, 0) is 49.6 Å².